The first-order valence-electron chi connectivity index (χ1n) is 9.74. The number of amides is 1. The van der Waals surface area contributed by atoms with Crippen molar-refractivity contribution in [1.82, 2.24) is 4.90 Å². The molecule has 1 amide bonds. The molecule has 0 saturated carbocycles. The summed E-state index contributed by atoms with van der Waals surface area (Å²) in [4.78, 5) is 14.6. The number of aromatic hydroxyl groups is 1. The fraction of sp³-hybridized carbons (Fsp3) is 0.304. The van der Waals surface area contributed by atoms with Crippen LogP contribution < -0.4 is 4.74 Å². The van der Waals surface area contributed by atoms with Crippen LogP contribution in [0.4, 0.5) is 0 Å². The Labute approximate surface area is 179 Å². The Hall–Kier alpha value is -2.95. The number of phenols is 1. The number of nitrogens with zero attached hydrogens (tertiary/aromatic N) is 2. The van der Waals surface area contributed by atoms with Crippen LogP contribution in [-0.4, -0.2) is 33.4 Å². The fourth-order valence-corrected chi connectivity index (χ4v) is 5.32. The molecule has 0 aliphatic carbocycles. The highest BCUT2D eigenvalue weighted by atomic mass is 32.2. The van der Waals surface area contributed by atoms with E-state index in [2.05, 4.69) is 6.07 Å². The number of allylic oxidation sites excluding steroid dienone is 1. The molecule has 0 spiro atoms. The van der Waals surface area contributed by atoms with Crippen LogP contribution in [0.25, 0.3) is 0 Å². The van der Waals surface area contributed by atoms with Gasteiger partial charge in [-0.3, -0.25) is 9.69 Å². The molecule has 2 unspecified atom stereocenters. The Morgan fingerprint density at radius 1 is 1.30 bits per heavy atom. The van der Waals surface area contributed by atoms with E-state index in [-0.39, 0.29) is 23.8 Å². The summed E-state index contributed by atoms with van der Waals surface area (Å²) in [5.74, 6) is -0.106. The molecule has 0 aromatic heterocycles. The Kier molecular flexibility index (Phi) is 5.22. The number of hydrogen-bond acceptors (Lipinski definition) is 6. The third-order valence-corrected chi connectivity index (χ3v) is 6.73. The number of carbonyl (C=O) groups is 1. The molecule has 7 heteroatoms. The number of thioether (sulfide) groups is 1. The lowest BCUT2D eigenvalue weighted by Gasteiger charge is -2.38. The van der Waals surface area contributed by atoms with Crippen molar-refractivity contribution in [2.24, 2.45) is 0 Å². The maximum absolute atomic E-state index is 13.2. The highest BCUT2D eigenvalue weighted by molar-refractivity contribution is 8.03. The van der Waals surface area contributed by atoms with Crippen LogP contribution in [0.5, 0.6) is 11.5 Å². The van der Waals surface area contributed by atoms with E-state index in [1.807, 2.05) is 38.1 Å². The van der Waals surface area contributed by atoms with Crippen LogP contribution in [0.15, 0.2) is 53.1 Å². The second-order valence-corrected chi connectivity index (χ2v) is 8.41. The summed E-state index contributed by atoms with van der Waals surface area (Å²) in [6.07, 6.45) is 0.0530. The zero-order chi connectivity index (χ0) is 21.5. The van der Waals surface area contributed by atoms with Gasteiger partial charge in [-0.15, -0.1) is 11.8 Å². The van der Waals surface area contributed by atoms with Crippen molar-refractivity contribution >= 4 is 17.7 Å². The smallest absolute Gasteiger partial charge is 0.231 e. The highest BCUT2D eigenvalue weighted by Crippen LogP contribution is 2.52. The van der Waals surface area contributed by atoms with Gasteiger partial charge in [0.05, 0.1) is 29.0 Å². The summed E-state index contributed by atoms with van der Waals surface area (Å²) < 4.78 is 5.46. The van der Waals surface area contributed by atoms with Crippen LogP contribution in [0.1, 0.15) is 36.0 Å². The first-order chi connectivity index (χ1) is 14.4. The number of benzene rings is 2. The molecule has 2 aromatic carbocycles. The van der Waals surface area contributed by atoms with E-state index < -0.39 is 11.6 Å². The van der Waals surface area contributed by atoms with E-state index in [0.29, 0.717) is 28.5 Å². The predicted octanol–water partition coefficient (Wildman–Crippen LogP) is 3.74. The minimum absolute atomic E-state index is 0.0134. The maximum atomic E-state index is 13.2. The summed E-state index contributed by atoms with van der Waals surface area (Å²) in [7, 11) is 0. The van der Waals surface area contributed by atoms with Crippen LogP contribution in [0.2, 0.25) is 0 Å². The van der Waals surface area contributed by atoms with Crippen LogP contribution in [-0.2, 0) is 10.5 Å². The summed E-state index contributed by atoms with van der Waals surface area (Å²) in [5, 5.41) is 31.8. The van der Waals surface area contributed by atoms with E-state index in [1.165, 1.54) is 22.7 Å². The van der Waals surface area contributed by atoms with Crippen molar-refractivity contribution in [3.63, 3.8) is 0 Å². The van der Waals surface area contributed by atoms with E-state index in [9.17, 15) is 20.3 Å². The lowest BCUT2D eigenvalue weighted by Crippen LogP contribution is -2.48. The second-order valence-electron chi connectivity index (χ2n) is 7.45. The molecule has 0 radical (unpaired) electrons. The lowest BCUT2D eigenvalue weighted by molar-refractivity contribution is -0.149. The Bertz CT molecular complexity index is 1070. The average Bonchev–Trinajstić information content (AvgIpc) is 3.09. The van der Waals surface area contributed by atoms with E-state index in [4.69, 9.17) is 4.74 Å². The van der Waals surface area contributed by atoms with Crippen molar-refractivity contribution in [2.45, 2.75) is 31.9 Å². The topological polar surface area (TPSA) is 93.8 Å². The summed E-state index contributed by atoms with van der Waals surface area (Å²) in [5.41, 5.74) is 1.37. The molecule has 2 aromatic rings. The molecule has 0 bridgehead atoms. The Morgan fingerprint density at radius 3 is 2.70 bits per heavy atom. The van der Waals surface area contributed by atoms with Gasteiger partial charge in [-0.25, -0.2) is 0 Å². The molecule has 2 aliphatic rings. The van der Waals surface area contributed by atoms with E-state index in [0.717, 1.165) is 11.1 Å². The van der Waals surface area contributed by atoms with Crippen molar-refractivity contribution < 1.29 is 19.7 Å². The monoisotopic (exact) mass is 422 g/mol. The van der Waals surface area contributed by atoms with Crippen molar-refractivity contribution in [3.8, 4) is 17.6 Å². The van der Waals surface area contributed by atoms with Crippen molar-refractivity contribution in [3.05, 3.63) is 69.8 Å². The third-order valence-electron chi connectivity index (χ3n) is 5.51. The van der Waals surface area contributed by atoms with Gasteiger partial charge < -0.3 is 14.9 Å². The average molecular weight is 423 g/mol. The molecule has 30 heavy (non-hydrogen) atoms. The van der Waals surface area contributed by atoms with Gasteiger partial charge in [-0.05, 0) is 31.5 Å². The van der Waals surface area contributed by atoms with Gasteiger partial charge in [0.15, 0.2) is 17.2 Å². The zero-order valence-corrected chi connectivity index (χ0v) is 17.6. The quantitative estimate of drug-likeness (QED) is 0.780. The largest absolute Gasteiger partial charge is 0.504 e. The van der Waals surface area contributed by atoms with Gasteiger partial charge >= 0.3 is 0 Å². The van der Waals surface area contributed by atoms with Crippen LogP contribution >= 0.6 is 11.8 Å². The fourth-order valence-electron chi connectivity index (χ4n) is 3.96. The number of carbonyl (C=O) groups excluding carboxylic acids is 1. The number of hydrogen-bond donors (Lipinski definition) is 2. The first-order valence-corrected chi connectivity index (χ1v) is 10.7. The molecule has 2 atom stereocenters. The molecule has 2 heterocycles. The number of nitriles is 1. The van der Waals surface area contributed by atoms with Gasteiger partial charge in [-0.2, -0.15) is 5.26 Å². The number of aryl methyl sites for hydroxylation is 1. The molecule has 2 N–H and O–H groups in total. The van der Waals surface area contributed by atoms with Gasteiger partial charge in [0.2, 0.25) is 5.91 Å². The Balaban J connectivity index is 1.78. The molecule has 6 nitrogen and oxygen atoms in total. The minimum Gasteiger partial charge on any atom is -0.504 e. The van der Waals surface area contributed by atoms with Crippen LogP contribution in [0, 0.1) is 18.3 Å². The number of ether oxygens (including phenoxy) is 1. The third kappa shape index (κ3) is 3.22. The number of phenolic OH excluding ortho intramolecular Hbond substituents is 1. The molecule has 1 fully saturated rings. The van der Waals surface area contributed by atoms with E-state index in [1.54, 1.807) is 12.1 Å². The summed E-state index contributed by atoms with van der Waals surface area (Å²) >= 11 is 1.32. The summed E-state index contributed by atoms with van der Waals surface area (Å²) in [6.45, 7) is 4.17. The number of aliphatic hydroxyl groups is 1. The maximum Gasteiger partial charge on any atom is 0.231 e. The number of rotatable bonds is 4. The normalized spacial score (nSPS) is 23.3. The Morgan fingerprint density at radius 2 is 2.03 bits per heavy atom. The second kappa shape index (κ2) is 7.71. The molecule has 1 saturated heterocycles. The first kappa shape index (κ1) is 20.3. The standard InChI is InChI=1S/C23H22N2O4S/c1-3-29-20-10-15(6-9-19(20)26)17-11-21(27)25-22(18(17)12-24)30-13-23(25,28)16-7-4-14(2)5-8-16/h4-10,17,26,28H,3,11,13H2,1-2H3. The van der Waals surface area contributed by atoms with E-state index >= 15 is 0 Å². The van der Waals surface area contributed by atoms with Crippen molar-refractivity contribution in [1.29, 1.82) is 5.26 Å². The lowest BCUT2D eigenvalue weighted by atomic mass is 9.85. The van der Waals surface area contributed by atoms with Gasteiger partial charge in [0, 0.05) is 17.9 Å². The molecule has 4 rings (SSSR count). The highest BCUT2D eigenvalue weighted by Gasteiger charge is 2.51. The molecule has 154 valence electrons. The number of fused-ring (bicyclic) bond motifs is 1. The zero-order valence-electron chi connectivity index (χ0n) is 16.8. The molecule has 2 aliphatic heterocycles. The van der Waals surface area contributed by atoms with Crippen molar-refractivity contribution in [2.75, 3.05) is 12.4 Å². The SMILES string of the molecule is CCOc1cc(C2CC(=O)N3C(=C2C#N)SCC3(O)c2ccc(C)cc2)ccc1O. The summed E-state index contributed by atoms with van der Waals surface area (Å²) in [6, 6.07) is 14.6. The van der Waals surface area contributed by atoms with Gasteiger partial charge in [0.25, 0.3) is 0 Å². The van der Waals surface area contributed by atoms with Gasteiger partial charge in [0.1, 0.15) is 0 Å². The molecular weight excluding hydrogens is 400 g/mol. The van der Waals surface area contributed by atoms with Crippen LogP contribution in [0.3, 0.4) is 0 Å². The predicted molar refractivity (Wildman–Crippen MR) is 114 cm³/mol. The molecular formula is C23H22N2O4S. The minimum atomic E-state index is -1.48. The van der Waals surface area contributed by atoms with Gasteiger partial charge in [-0.1, -0.05) is 35.9 Å².